The molecule has 4 nitrogen and oxygen atoms in total. The van der Waals surface area contributed by atoms with Gasteiger partial charge < -0.3 is 11.1 Å². The number of halogens is 1. The Balaban J connectivity index is 2.21. The van der Waals surface area contributed by atoms with E-state index in [1.807, 2.05) is 31.2 Å². The van der Waals surface area contributed by atoms with Gasteiger partial charge in [-0.2, -0.15) is 5.10 Å². The van der Waals surface area contributed by atoms with Crippen molar-refractivity contribution >= 4 is 34.6 Å². The van der Waals surface area contributed by atoms with Gasteiger partial charge in [-0.1, -0.05) is 36.0 Å². The Bertz CT molecular complexity index is 585. The Morgan fingerprint density at radius 3 is 2.63 bits per heavy atom. The molecular formula is C13H13ClN4S. The molecule has 0 bridgehead atoms. The first-order valence-electron chi connectivity index (χ1n) is 5.71. The van der Waals surface area contributed by atoms with Crippen LogP contribution in [-0.4, -0.2) is 15.2 Å². The third kappa shape index (κ3) is 3.39. The van der Waals surface area contributed by atoms with Crippen LogP contribution in [0.2, 0.25) is 5.02 Å². The third-order valence-electron chi connectivity index (χ3n) is 2.71. The SMILES string of the molecule is CC(Nc1nnccc1C(N)=S)c1ccc(Cl)cc1. The Labute approximate surface area is 122 Å². The summed E-state index contributed by atoms with van der Waals surface area (Å²) in [6, 6.07) is 9.39. The zero-order valence-corrected chi connectivity index (χ0v) is 11.9. The topological polar surface area (TPSA) is 63.8 Å². The molecule has 1 heterocycles. The van der Waals surface area contributed by atoms with Gasteiger partial charge in [0.05, 0.1) is 17.8 Å². The predicted octanol–water partition coefficient (Wildman–Crippen LogP) is 2.94. The van der Waals surface area contributed by atoms with Crippen LogP contribution in [0.25, 0.3) is 0 Å². The van der Waals surface area contributed by atoms with E-state index in [1.165, 1.54) is 0 Å². The van der Waals surface area contributed by atoms with E-state index in [9.17, 15) is 0 Å². The van der Waals surface area contributed by atoms with Gasteiger partial charge in [0.25, 0.3) is 0 Å². The lowest BCUT2D eigenvalue weighted by molar-refractivity contribution is 0.859. The molecule has 1 aromatic heterocycles. The largest absolute Gasteiger partial charge is 0.389 e. The molecule has 0 aliphatic heterocycles. The lowest BCUT2D eigenvalue weighted by atomic mass is 10.1. The van der Waals surface area contributed by atoms with Crippen molar-refractivity contribution in [3.8, 4) is 0 Å². The Hall–Kier alpha value is -1.72. The van der Waals surface area contributed by atoms with Gasteiger partial charge in [0.1, 0.15) is 4.99 Å². The molecule has 0 radical (unpaired) electrons. The van der Waals surface area contributed by atoms with E-state index in [-0.39, 0.29) is 6.04 Å². The van der Waals surface area contributed by atoms with Gasteiger partial charge in [0.2, 0.25) is 0 Å². The molecule has 2 aromatic rings. The van der Waals surface area contributed by atoms with Gasteiger partial charge in [-0.3, -0.25) is 0 Å². The van der Waals surface area contributed by atoms with Crippen LogP contribution in [-0.2, 0) is 0 Å². The molecule has 0 aliphatic rings. The van der Waals surface area contributed by atoms with Gasteiger partial charge in [0.15, 0.2) is 5.82 Å². The van der Waals surface area contributed by atoms with E-state index in [4.69, 9.17) is 29.6 Å². The second kappa shape index (κ2) is 5.95. The molecule has 0 amide bonds. The van der Waals surface area contributed by atoms with Crippen molar-refractivity contribution in [1.82, 2.24) is 10.2 Å². The molecule has 19 heavy (non-hydrogen) atoms. The van der Waals surface area contributed by atoms with E-state index in [2.05, 4.69) is 15.5 Å². The maximum atomic E-state index is 5.87. The molecular weight excluding hydrogens is 280 g/mol. The van der Waals surface area contributed by atoms with Crippen LogP contribution < -0.4 is 11.1 Å². The normalized spacial score (nSPS) is 11.9. The maximum absolute atomic E-state index is 5.87. The monoisotopic (exact) mass is 292 g/mol. The molecule has 98 valence electrons. The number of hydrogen-bond donors (Lipinski definition) is 2. The molecule has 0 saturated carbocycles. The highest BCUT2D eigenvalue weighted by molar-refractivity contribution is 7.80. The van der Waals surface area contributed by atoms with E-state index in [0.29, 0.717) is 21.4 Å². The first-order chi connectivity index (χ1) is 9.08. The summed E-state index contributed by atoms with van der Waals surface area (Å²) in [6.45, 7) is 2.02. The van der Waals surface area contributed by atoms with Crippen LogP contribution in [0.5, 0.6) is 0 Å². The average Bonchev–Trinajstić information content (AvgIpc) is 2.39. The van der Waals surface area contributed by atoms with E-state index < -0.39 is 0 Å². The molecule has 0 fully saturated rings. The van der Waals surface area contributed by atoms with Crippen molar-refractivity contribution in [1.29, 1.82) is 0 Å². The fourth-order valence-electron chi connectivity index (χ4n) is 1.68. The summed E-state index contributed by atoms with van der Waals surface area (Å²) in [5, 5.41) is 11.8. The first kappa shape index (κ1) is 13.7. The molecule has 0 spiro atoms. The summed E-state index contributed by atoms with van der Waals surface area (Å²) in [5.41, 5.74) is 7.43. The summed E-state index contributed by atoms with van der Waals surface area (Å²) >= 11 is 10.9. The van der Waals surface area contributed by atoms with Gasteiger partial charge in [-0.05, 0) is 30.7 Å². The molecule has 1 unspecified atom stereocenters. The van der Waals surface area contributed by atoms with Gasteiger partial charge in [0, 0.05) is 5.02 Å². The second-order valence-corrected chi connectivity index (χ2v) is 4.95. The van der Waals surface area contributed by atoms with Crippen LogP contribution in [0.3, 0.4) is 0 Å². The molecule has 6 heteroatoms. The number of rotatable bonds is 4. The lowest BCUT2D eigenvalue weighted by Crippen LogP contribution is -2.16. The number of anilines is 1. The summed E-state index contributed by atoms with van der Waals surface area (Å²) < 4.78 is 0. The first-order valence-corrected chi connectivity index (χ1v) is 6.50. The average molecular weight is 293 g/mol. The van der Waals surface area contributed by atoms with E-state index >= 15 is 0 Å². The zero-order valence-electron chi connectivity index (χ0n) is 10.3. The van der Waals surface area contributed by atoms with Crippen molar-refractivity contribution in [2.24, 2.45) is 5.73 Å². The Morgan fingerprint density at radius 1 is 1.32 bits per heavy atom. The van der Waals surface area contributed by atoms with Crippen LogP contribution in [0.1, 0.15) is 24.1 Å². The Kier molecular flexibility index (Phi) is 4.29. The molecule has 2 rings (SSSR count). The highest BCUT2D eigenvalue weighted by Crippen LogP contribution is 2.21. The minimum atomic E-state index is 0.0436. The van der Waals surface area contributed by atoms with Crippen molar-refractivity contribution in [3.63, 3.8) is 0 Å². The fourth-order valence-corrected chi connectivity index (χ4v) is 1.97. The minimum Gasteiger partial charge on any atom is -0.389 e. The highest BCUT2D eigenvalue weighted by atomic mass is 35.5. The predicted molar refractivity (Wildman–Crippen MR) is 81.4 cm³/mol. The number of nitrogens with two attached hydrogens (primary N) is 1. The summed E-state index contributed by atoms with van der Waals surface area (Å²) in [5.74, 6) is 0.581. The van der Waals surface area contributed by atoms with Crippen LogP contribution in [0, 0.1) is 0 Å². The smallest absolute Gasteiger partial charge is 0.159 e. The molecule has 3 N–H and O–H groups in total. The van der Waals surface area contributed by atoms with Gasteiger partial charge in [-0.25, -0.2) is 0 Å². The molecule has 0 aliphatic carbocycles. The van der Waals surface area contributed by atoms with Crippen LogP contribution in [0.15, 0.2) is 36.5 Å². The number of nitrogens with zero attached hydrogens (tertiary/aromatic N) is 2. The van der Waals surface area contributed by atoms with Crippen LogP contribution >= 0.6 is 23.8 Å². The number of nitrogens with one attached hydrogen (secondary N) is 1. The molecule has 1 aromatic carbocycles. The Morgan fingerprint density at radius 2 is 2.00 bits per heavy atom. The van der Waals surface area contributed by atoms with Crippen molar-refractivity contribution < 1.29 is 0 Å². The van der Waals surface area contributed by atoms with Gasteiger partial charge >= 0.3 is 0 Å². The highest BCUT2D eigenvalue weighted by Gasteiger charge is 2.11. The number of hydrogen-bond acceptors (Lipinski definition) is 4. The lowest BCUT2D eigenvalue weighted by Gasteiger charge is -2.16. The summed E-state index contributed by atoms with van der Waals surface area (Å²) in [6.07, 6.45) is 1.56. The quantitative estimate of drug-likeness (QED) is 0.848. The second-order valence-electron chi connectivity index (χ2n) is 4.08. The van der Waals surface area contributed by atoms with E-state index in [0.717, 1.165) is 5.56 Å². The van der Waals surface area contributed by atoms with Crippen molar-refractivity contribution in [2.45, 2.75) is 13.0 Å². The standard InChI is InChI=1S/C13H13ClN4S/c1-8(9-2-4-10(14)5-3-9)17-13-11(12(15)19)6-7-16-18-13/h2-8H,1H3,(H2,15,19)(H,17,18). The van der Waals surface area contributed by atoms with E-state index in [1.54, 1.807) is 12.3 Å². The van der Waals surface area contributed by atoms with Gasteiger partial charge in [-0.15, -0.1) is 5.10 Å². The number of benzene rings is 1. The maximum Gasteiger partial charge on any atom is 0.159 e. The fraction of sp³-hybridized carbons (Fsp3) is 0.154. The third-order valence-corrected chi connectivity index (χ3v) is 3.18. The molecule has 1 atom stereocenters. The minimum absolute atomic E-state index is 0.0436. The zero-order chi connectivity index (χ0) is 13.8. The summed E-state index contributed by atoms with van der Waals surface area (Å²) in [7, 11) is 0. The number of thiocarbonyl (C=S) groups is 1. The van der Waals surface area contributed by atoms with Crippen molar-refractivity contribution in [3.05, 3.63) is 52.7 Å². The molecule has 0 saturated heterocycles. The van der Waals surface area contributed by atoms with Crippen LogP contribution in [0.4, 0.5) is 5.82 Å². The van der Waals surface area contributed by atoms with Crippen molar-refractivity contribution in [2.75, 3.05) is 5.32 Å². The number of aromatic nitrogens is 2. The summed E-state index contributed by atoms with van der Waals surface area (Å²) in [4.78, 5) is 0.292.